The standard InChI is InChI=1S/C17H26N2O/c1-5-18-13-14-7-6-8-16-15(14)9-11-19(16)12-10-17(2,3)20-4/h6-9,11,18H,5,10,12-13H2,1-4H3. The molecule has 1 aromatic carbocycles. The molecular formula is C17H26N2O. The molecular weight excluding hydrogens is 248 g/mol. The van der Waals surface area contributed by atoms with E-state index in [9.17, 15) is 0 Å². The number of nitrogens with one attached hydrogen (secondary N) is 1. The summed E-state index contributed by atoms with van der Waals surface area (Å²) in [7, 11) is 1.78. The van der Waals surface area contributed by atoms with Gasteiger partial charge in [-0.05, 0) is 44.5 Å². The van der Waals surface area contributed by atoms with Gasteiger partial charge in [0.1, 0.15) is 0 Å². The van der Waals surface area contributed by atoms with Crippen molar-refractivity contribution in [1.82, 2.24) is 9.88 Å². The zero-order chi connectivity index (χ0) is 14.6. The Morgan fingerprint density at radius 3 is 2.75 bits per heavy atom. The van der Waals surface area contributed by atoms with E-state index in [1.54, 1.807) is 7.11 Å². The molecule has 0 fully saturated rings. The Morgan fingerprint density at radius 2 is 2.05 bits per heavy atom. The van der Waals surface area contributed by atoms with Crippen molar-refractivity contribution >= 4 is 10.9 Å². The van der Waals surface area contributed by atoms with Crippen molar-refractivity contribution in [1.29, 1.82) is 0 Å². The highest BCUT2D eigenvalue weighted by Crippen LogP contribution is 2.22. The maximum absolute atomic E-state index is 5.50. The van der Waals surface area contributed by atoms with Crippen LogP contribution in [0.4, 0.5) is 0 Å². The van der Waals surface area contributed by atoms with Crippen LogP contribution in [0, 0.1) is 0 Å². The first-order valence-electron chi connectivity index (χ1n) is 7.40. The Kier molecular flexibility index (Phi) is 4.84. The smallest absolute Gasteiger partial charge is 0.0639 e. The van der Waals surface area contributed by atoms with Crippen LogP contribution in [0.2, 0.25) is 0 Å². The molecule has 0 radical (unpaired) electrons. The quantitative estimate of drug-likeness (QED) is 0.835. The lowest BCUT2D eigenvalue weighted by Crippen LogP contribution is -2.24. The molecule has 3 nitrogen and oxygen atoms in total. The van der Waals surface area contributed by atoms with Gasteiger partial charge in [0.2, 0.25) is 0 Å². The number of methoxy groups -OCH3 is 1. The maximum atomic E-state index is 5.50. The monoisotopic (exact) mass is 274 g/mol. The van der Waals surface area contributed by atoms with Crippen LogP contribution >= 0.6 is 0 Å². The molecule has 0 bridgehead atoms. The lowest BCUT2D eigenvalue weighted by atomic mass is 10.1. The van der Waals surface area contributed by atoms with E-state index in [0.717, 1.165) is 26.1 Å². The summed E-state index contributed by atoms with van der Waals surface area (Å²) in [4.78, 5) is 0. The number of fused-ring (bicyclic) bond motifs is 1. The Labute approximate surface area is 121 Å². The van der Waals surface area contributed by atoms with Crippen LogP contribution < -0.4 is 5.32 Å². The van der Waals surface area contributed by atoms with Crippen LogP contribution in [-0.4, -0.2) is 23.8 Å². The van der Waals surface area contributed by atoms with Crippen LogP contribution in [-0.2, 0) is 17.8 Å². The first kappa shape index (κ1) is 15.1. The van der Waals surface area contributed by atoms with Gasteiger partial charge in [0.25, 0.3) is 0 Å². The highest BCUT2D eigenvalue weighted by Gasteiger charge is 2.16. The normalized spacial score (nSPS) is 12.2. The van der Waals surface area contributed by atoms with Crippen LogP contribution in [0.25, 0.3) is 10.9 Å². The Balaban J connectivity index is 2.19. The van der Waals surface area contributed by atoms with E-state index in [1.165, 1.54) is 16.5 Å². The Morgan fingerprint density at radius 1 is 1.25 bits per heavy atom. The summed E-state index contributed by atoms with van der Waals surface area (Å²) in [5.74, 6) is 0. The van der Waals surface area contributed by atoms with Crippen molar-refractivity contribution in [3.05, 3.63) is 36.0 Å². The number of hydrogen-bond donors (Lipinski definition) is 1. The molecule has 110 valence electrons. The summed E-state index contributed by atoms with van der Waals surface area (Å²) in [6.07, 6.45) is 3.19. The maximum Gasteiger partial charge on any atom is 0.0639 e. The van der Waals surface area contributed by atoms with Crippen molar-refractivity contribution in [2.75, 3.05) is 13.7 Å². The Bertz CT molecular complexity index is 557. The summed E-state index contributed by atoms with van der Waals surface area (Å²) < 4.78 is 7.83. The van der Waals surface area contributed by atoms with Crippen LogP contribution in [0.15, 0.2) is 30.5 Å². The van der Waals surface area contributed by atoms with Gasteiger partial charge in [-0.2, -0.15) is 0 Å². The minimum Gasteiger partial charge on any atom is -0.379 e. The molecule has 0 saturated heterocycles. The fourth-order valence-corrected chi connectivity index (χ4v) is 2.39. The van der Waals surface area contributed by atoms with Gasteiger partial charge >= 0.3 is 0 Å². The summed E-state index contributed by atoms with van der Waals surface area (Å²) >= 11 is 0. The van der Waals surface area contributed by atoms with Crippen molar-refractivity contribution in [3.63, 3.8) is 0 Å². The summed E-state index contributed by atoms with van der Waals surface area (Å²) in [5.41, 5.74) is 2.61. The molecule has 0 saturated carbocycles. The molecule has 1 aromatic heterocycles. The molecule has 0 amide bonds. The molecule has 1 N–H and O–H groups in total. The second kappa shape index (κ2) is 6.42. The third-order valence-corrected chi connectivity index (χ3v) is 3.98. The molecule has 0 aliphatic heterocycles. The second-order valence-electron chi connectivity index (χ2n) is 5.85. The fourth-order valence-electron chi connectivity index (χ4n) is 2.39. The molecule has 0 aliphatic carbocycles. The fraction of sp³-hybridized carbons (Fsp3) is 0.529. The van der Waals surface area contributed by atoms with E-state index in [0.29, 0.717) is 0 Å². The zero-order valence-corrected chi connectivity index (χ0v) is 13.1. The molecule has 0 aliphatic rings. The number of aromatic nitrogens is 1. The zero-order valence-electron chi connectivity index (χ0n) is 13.1. The molecule has 0 atom stereocenters. The Hall–Kier alpha value is -1.32. The van der Waals surface area contributed by atoms with Crippen LogP contribution in [0.5, 0.6) is 0 Å². The first-order valence-corrected chi connectivity index (χ1v) is 7.40. The summed E-state index contributed by atoms with van der Waals surface area (Å²) in [5, 5.41) is 4.75. The van der Waals surface area contributed by atoms with Gasteiger partial charge in [0.15, 0.2) is 0 Å². The van der Waals surface area contributed by atoms with Gasteiger partial charge < -0.3 is 14.6 Å². The minimum atomic E-state index is -0.0715. The number of benzene rings is 1. The van der Waals surface area contributed by atoms with Gasteiger partial charge in [-0.25, -0.2) is 0 Å². The topological polar surface area (TPSA) is 26.2 Å². The third kappa shape index (κ3) is 3.41. The SMILES string of the molecule is CCNCc1cccc2c1ccn2CCC(C)(C)OC. The van der Waals surface area contributed by atoms with Crippen LogP contribution in [0.3, 0.4) is 0 Å². The summed E-state index contributed by atoms with van der Waals surface area (Å²) in [6.45, 7) is 9.32. The van der Waals surface area contributed by atoms with E-state index in [4.69, 9.17) is 4.74 Å². The second-order valence-corrected chi connectivity index (χ2v) is 5.85. The predicted octanol–water partition coefficient (Wildman–Crippen LogP) is 3.57. The van der Waals surface area contributed by atoms with E-state index in [-0.39, 0.29) is 5.60 Å². The number of ether oxygens (including phenoxy) is 1. The van der Waals surface area contributed by atoms with E-state index in [2.05, 4.69) is 61.1 Å². The van der Waals surface area contributed by atoms with Gasteiger partial charge in [-0.3, -0.25) is 0 Å². The van der Waals surface area contributed by atoms with Crippen LogP contribution in [0.1, 0.15) is 32.8 Å². The van der Waals surface area contributed by atoms with Crippen molar-refractivity contribution in [2.24, 2.45) is 0 Å². The van der Waals surface area contributed by atoms with Gasteiger partial charge in [-0.1, -0.05) is 19.1 Å². The largest absolute Gasteiger partial charge is 0.379 e. The van der Waals surface area contributed by atoms with Gasteiger partial charge in [0, 0.05) is 37.3 Å². The predicted molar refractivity (Wildman–Crippen MR) is 85.0 cm³/mol. The minimum absolute atomic E-state index is 0.0715. The lowest BCUT2D eigenvalue weighted by Gasteiger charge is -2.23. The number of nitrogens with zero attached hydrogens (tertiary/aromatic N) is 1. The molecule has 0 unspecified atom stereocenters. The van der Waals surface area contributed by atoms with Crippen molar-refractivity contribution in [3.8, 4) is 0 Å². The molecule has 1 heterocycles. The molecule has 0 spiro atoms. The molecule has 2 aromatic rings. The highest BCUT2D eigenvalue weighted by molar-refractivity contribution is 5.83. The lowest BCUT2D eigenvalue weighted by molar-refractivity contribution is 0.0123. The van der Waals surface area contributed by atoms with Gasteiger partial charge in [0.05, 0.1) is 5.60 Å². The molecule has 3 heteroatoms. The van der Waals surface area contributed by atoms with E-state index >= 15 is 0 Å². The van der Waals surface area contributed by atoms with Gasteiger partial charge in [-0.15, -0.1) is 0 Å². The number of rotatable bonds is 7. The first-order chi connectivity index (χ1) is 9.57. The van der Waals surface area contributed by atoms with E-state index < -0.39 is 0 Å². The van der Waals surface area contributed by atoms with Crippen molar-refractivity contribution < 1.29 is 4.74 Å². The average molecular weight is 274 g/mol. The highest BCUT2D eigenvalue weighted by atomic mass is 16.5. The third-order valence-electron chi connectivity index (χ3n) is 3.98. The molecule has 2 rings (SSSR count). The summed E-state index contributed by atoms with van der Waals surface area (Å²) in [6, 6.07) is 8.77. The van der Waals surface area contributed by atoms with E-state index in [1.807, 2.05) is 0 Å². The molecule has 20 heavy (non-hydrogen) atoms. The average Bonchev–Trinajstić information content (AvgIpc) is 2.87. The van der Waals surface area contributed by atoms with Crippen molar-refractivity contribution in [2.45, 2.75) is 45.9 Å². The number of aryl methyl sites for hydroxylation is 1. The number of hydrogen-bond acceptors (Lipinski definition) is 2.